The molecule has 2 saturated carbocycles. The van der Waals surface area contributed by atoms with Crippen molar-refractivity contribution in [1.82, 2.24) is 9.80 Å². The van der Waals surface area contributed by atoms with Gasteiger partial charge in [0.2, 0.25) is 0 Å². The van der Waals surface area contributed by atoms with Gasteiger partial charge in [-0.1, -0.05) is 20.8 Å². The molecule has 0 N–H and O–H groups in total. The van der Waals surface area contributed by atoms with Crippen molar-refractivity contribution >= 4 is 5.97 Å². The molecule has 120 valence electrons. The van der Waals surface area contributed by atoms with E-state index in [4.69, 9.17) is 4.74 Å². The number of carbonyl (C=O) groups is 1. The van der Waals surface area contributed by atoms with Crippen molar-refractivity contribution in [3.05, 3.63) is 0 Å². The van der Waals surface area contributed by atoms with Crippen molar-refractivity contribution in [2.24, 2.45) is 16.7 Å². The van der Waals surface area contributed by atoms with Crippen LogP contribution in [0.4, 0.5) is 0 Å². The molecule has 0 aromatic carbocycles. The predicted octanol–water partition coefficient (Wildman–Crippen LogP) is 1.99. The quantitative estimate of drug-likeness (QED) is 0.745. The Balaban J connectivity index is 1.57. The van der Waals surface area contributed by atoms with Crippen molar-refractivity contribution < 1.29 is 9.53 Å². The first-order valence-electron chi connectivity index (χ1n) is 8.42. The van der Waals surface area contributed by atoms with E-state index in [9.17, 15) is 4.79 Å². The van der Waals surface area contributed by atoms with E-state index in [0.29, 0.717) is 6.54 Å². The molecule has 1 saturated heterocycles. The SMILES string of the molecule is CN1CCN(CC(=O)O[C@H]2C(C)(C)[C@H]3CC[C@]2(C)C3)CC1. The average Bonchev–Trinajstić information content (AvgIpc) is 2.89. The Bertz CT molecular complexity index is 410. The molecule has 1 heterocycles. The summed E-state index contributed by atoms with van der Waals surface area (Å²) in [6.07, 6.45) is 3.85. The largest absolute Gasteiger partial charge is 0.460 e. The van der Waals surface area contributed by atoms with E-state index in [0.717, 1.165) is 32.1 Å². The zero-order valence-electron chi connectivity index (χ0n) is 14.0. The number of nitrogens with zero attached hydrogens (tertiary/aromatic N) is 2. The van der Waals surface area contributed by atoms with Gasteiger partial charge < -0.3 is 9.64 Å². The summed E-state index contributed by atoms with van der Waals surface area (Å²) in [5, 5.41) is 0. The van der Waals surface area contributed by atoms with Crippen LogP contribution in [0.25, 0.3) is 0 Å². The fourth-order valence-electron chi connectivity index (χ4n) is 4.91. The molecular weight excluding hydrogens is 264 g/mol. The van der Waals surface area contributed by atoms with Crippen molar-refractivity contribution in [3.8, 4) is 0 Å². The Hall–Kier alpha value is -0.610. The summed E-state index contributed by atoms with van der Waals surface area (Å²) in [7, 11) is 2.13. The van der Waals surface area contributed by atoms with Crippen LogP contribution in [0.2, 0.25) is 0 Å². The number of piperazine rings is 1. The smallest absolute Gasteiger partial charge is 0.320 e. The van der Waals surface area contributed by atoms with E-state index >= 15 is 0 Å². The third-order valence-electron chi connectivity index (χ3n) is 6.34. The molecule has 4 nitrogen and oxygen atoms in total. The molecule has 1 aliphatic heterocycles. The maximum absolute atomic E-state index is 12.4. The number of esters is 1. The minimum absolute atomic E-state index is 0.0218. The van der Waals surface area contributed by atoms with Gasteiger partial charge in [0.1, 0.15) is 6.10 Å². The van der Waals surface area contributed by atoms with Gasteiger partial charge in [-0.05, 0) is 32.2 Å². The fourth-order valence-corrected chi connectivity index (χ4v) is 4.91. The number of likely N-dealkylation sites (N-methyl/N-ethyl adjacent to an activating group) is 1. The van der Waals surface area contributed by atoms with Gasteiger partial charge in [0.15, 0.2) is 0 Å². The Morgan fingerprint density at radius 2 is 1.86 bits per heavy atom. The van der Waals surface area contributed by atoms with Gasteiger partial charge in [-0.2, -0.15) is 0 Å². The molecule has 3 aliphatic rings. The molecule has 0 radical (unpaired) electrons. The van der Waals surface area contributed by atoms with Gasteiger partial charge in [0, 0.05) is 37.0 Å². The second kappa shape index (κ2) is 5.24. The van der Waals surface area contributed by atoms with Crippen molar-refractivity contribution in [2.45, 2.75) is 46.1 Å². The highest BCUT2D eigenvalue weighted by molar-refractivity contribution is 5.72. The van der Waals surface area contributed by atoms with E-state index < -0.39 is 0 Å². The van der Waals surface area contributed by atoms with Gasteiger partial charge >= 0.3 is 5.97 Å². The number of hydrogen-bond donors (Lipinski definition) is 0. The predicted molar refractivity (Wildman–Crippen MR) is 83.0 cm³/mol. The lowest BCUT2D eigenvalue weighted by molar-refractivity contribution is -0.166. The van der Waals surface area contributed by atoms with E-state index in [2.05, 4.69) is 37.6 Å². The van der Waals surface area contributed by atoms with Crippen LogP contribution >= 0.6 is 0 Å². The van der Waals surface area contributed by atoms with E-state index in [1.807, 2.05) is 0 Å². The molecule has 0 unspecified atom stereocenters. The number of rotatable bonds is 3. The monoisotopic (exact) mass is 294 g/mol. The lowest BCUT2D eigenvalue weighted by Crippen LogP contribution is -2.49. The number of ether oxygens (including phenoxy) is 1. The Kier molecular flexibility index (Phi) is 3.81. The number of fused-ring (bicyclic) bond motifs is 2. The minimum Gasteiger partial charge on any atom is -0.460 e. The number of carbonyl (C=O) groups excluding carboxylic acids is 1. The van der Waals surface area contributed by atoms with Gasteiger partial charge in [-0.3, -0.25) is 9.69 Å². The van der Waals surface area contributed by atoms with Crippen molar-refractivity contribution in [1.29, 1.82) is 0 Å². The van der Waals surface area contributed by atoms with Crippen LogP contribution in [-0.4, -0.2) is 61.6 Å². The van der Waals surface area contributed by atoms with Gasteiger partial charge in [0.25, 0.3) is 0 Å². The van der Waals surface area contributed by atoms with Crippen LogP contribution in [0.5, 0.6) is 0 Å². The molecule has 3 atom stereocenters. The molecule has 3 rings (SSSR count). The Morgan fingerprint density at radius 3 is 2.43 bits per heavy atom. The molecule has 0 spiro atoms. The summed E-state index contributed by atoms with van der Waals surface area (Å²) >= 11 is 0. The molecule has 2 aliphatic carbocycles. The maximum atomic E-state index is 12.4. The second-order valence-electron chi connectivity index (χ2n) is 8.36. The summed E-state index contributed by atoms with van der Waals surface area (Å²) in [5.74, 6) is 0.704. The third kappa shape index (κ3) is 2.72. The highest BCUT2D eigenvalue weighted by Gasteiger charge is 2.61. The third-order valence-corrected chi connectivity index (χ3v) is 6.34. The van der Waals surface area contributed by atoms with Crippen molar-refractivity contribution in [2.75, 3.05) is 39.8 Å². The zero-order chi connectivity index (χ0) is 15.3. The zero-order valence-corrected chi connectivity index (χ0v) is 14.0. The molecule has 0 aromatic rings. The van der Waals surface area contributed by atoms with Crippen LogP contribution in [0.3, 0.4) is 0 Å². The van der Waals surface area contributed by atoms with Crippen LogP contribution in [0.15, 0.2) is 0 Å². The molecule has 21 heavy (non-hydrogen) atoms. The first-order valence-corrected chi connectivity index (χ1v) is 8.42. The highest BCUT2D eigenvalue weighted by atomic mass is 16.5. The van der Waals surface area contributed by atoms with Crippen LogP contribution in [0.1, 0.15) is 40.0 Å². The van der Waals surface area contributed by atoms with Crippen LogP contribution < -0.4 is 0 Å². The molecule has 0 aromatic heterocycles. The average molecular weight is 294 g/mol. The molecule has 0 amide bonds. The van der Waals surface area contributed by atoms with Gasteiger partial charge in [-0.15, -0.1) is 0 Å². The van der Waals surface area contributed by atoms with E-state index in [1.54, 1.807) is 0 Å². The first kappa shape index (κ1) is 15.3. The standard InChI is InChI=1S/C17H30N2O2/c1-16(2)13-5-6-17(3,11-13)15(16)21-14(20)12-19-9-7-18(4)8-10-19/h13,15H,5-12H2,1-4H3/t13-,15-,17+/m0/s1. The molecule has 3 fully saturated rings. The normalized spacial score (nSPS) is 39.6. The number of hydrogen-bond acceptors (Lipinski definition) is 4. The molecular formula is C17H30N2O2. The highest BCUT2D eigenvalue weighted by Crippen LogP contribution is 2.63. The summed E-state index contributed by atoms with van der Waals surface area (Å²) in [5.41, 5.74) is 0.358. The first-order chi connectivity index (χ1) is 9.81. The Labute approximate surface area is 128 Å². The lowest BCUT2D eigenvalue weighted by Gasteiger charge is -2.42. The lowest BCUT2D eigenvalue weighted by atomic mass is 9.70. The maximum Gasteiger partial charge on any atom is 0.320 e. The van der Waals surface area contributed by atoms with Gasteiger partial charge in [0.05, 0.1) is 6.54 Å². The van der Waals surface area contributed by atoms with E-state index in [-0.39, 0.29) is 22.9 Å². The Morgan fingerprint density at radius 1 is 1.19 bits per heavy atom. The van der Waals surface area contributed by atoms with Crippen LogP contribution in [-0.2, 0) is 9.53 Å². The minimum atomic E-state index is -0.0218. The van der Waals surface area contributed by atoms with Crippen molar-refractivity contribution in [3.63, 3.8) is 0 Å². The second-order valence-corrected chi connectivity index (χ2v) is 8.36. The van der Waals surface area contributed by atoms with E-state index in [1.165, 1.54) is 19.3 Å². The molecule has 4 heteroatoms. The van der Waals surface area contributed by atoms with Crippen LogP contribution in [0, 0.1) is 16.7 Å². The summed E-state index contributed by atoms with van der Waals surface area (Å²) < 4.78 is 6.00. The summed E-state index contributed by atoms with van der Waals surface area (Å²) in [6, 6.07) is 0. The van der Waals surface area contributed by atoms with Gasteiger partial charge in [-0.25, -0.2) is 0 Å². The summed E-state index contributed by atoms with van der Waals surface area (Å²) in [6.45, 7) is 11.4. The summed E-state index contributed by atoms with van der Waals surface area (Å²) in [4.78, 5) is 16.9. The topological polar surface area (TPSA) is 32.8 Å². The molecule has 2 bridgehead atoms. The fraction of sp³-hybridized carbons (Fsp3) is 0.941.